The third-order valence-corrected chi connectivity index (χ3v) is 2.71. The molecule has 0 saturated heterocycles. The Morgan fingerprint density at radius 2 is 1.67 bits per heavy atom. The molecule has 1 atom stereocenters. The lowest BCUT2D eigenvalue weighted by atomic mass is 9.86. The van der Waals surface area contributed by atoms with Gasteiger partial charge in [-0.05, 0) is 30.0 Å². The average molecular weight is 248 g/mol. The molecule has 0 aromatic heterocycles. The molecular formula is C14H18NO3-. The van der Waals surface area contributed by atoms with Crippen LogP contribution in [-0.2, 0) is 10.2 Å². The van der Waals surface area contributed by atoms with Crippen molar-refractivity contribution in [1.29, 1.82) is 0 Å². The number of nitrogens with one attached hydrogen (secondary N) is 1. The number of hydrogen-bond acceptors (Lipinski definition) is 3. The summed E-state index contributed by atoms with van der Waals surface area (Å²) in [6.45, 7) is 7.62. The van der Waals surface area contributed by atoms with E-state index in [-0.39, 0.29) is 5.41 Å². The second kappa shape index (κ2) is 5.21. The van der Waals surface area contributed by atoms with E-state index in [2.05, 4.69) is 26.1 Å². The van der Waals surface area contributed by atoms with E-state index < -0.39 is 17.9 Å². The first kappa shape index (κ1) is 14.2. The van der Waals surface area contributed by atoms with E-state index in [0.717, 1.165) is 5.56 Å². The van der Waals surface area contributed by atoms with Gasteiger partial charge in [-0.25, -0.2) is 0 Å². The molecule has 98 valence electrons. The number of carbonyl (C=O) groups is 2. The Kier molecular flexibility index (Phi) is 4.11. The van der Waals surface area contributed by atoms with E-state index >= 15 is 0 Å². The number of hydrogen-bond donors (Lipinski definition) is 1. The van der Waals surface area contributed by atoms with Gasteiger partial charge in [-0.1, -0.05) is 32.9 Å². The fraction of sp³-hybridized carbons (Fsp3) is 0.429. The molecule has 0 aliphatic carbocycles. The number of carboxylic acids is 1. The van der Waals surface area contributed by atoms with Crippen molar-refractivity contribution in [3.63, 3.8) is 0 Å². The molecule has 1 amide bonds. The lowest BCUT2D eigenvalue weighted by molar-refractivity contribution is -0.307. The quantitative estimate of drug-likeness (QED) is 0.862. The molecule has 18 heavy (non-hydrogen) atoms. The Morgan fingerprint density at radius 1 is 1.17 bits per heavy atom. The van der Waals surface area contributed by atoms with Crippen LogP contribution in [0.5, 0.6) is 0 Å². The summed E-state index contributed by atoms with van der Waals surface area (Å²) in [6, 6.07) is 6.13. The van der Waals surface area contributed by atoms with Crippen molar-refractivity contribution in [3.05, 3.63) is 35.4 Å². The van der Waals surface area contributed by atoms with Crippen molar-refractivity contribution < 1.29 is 14.7 Å². The highest BCUT2D eigenvalue weighted by molar-refractivity contribution is 5.96. The summed E-state index contributed by atoms with van der Waals surface area (Å²) in [7, 11) is 0. The van der Waals surface area contributed by atoms with E-state index in [1.807, 2.05) is 12.1 Å². The van der Waals surface area contributed by atoms with E-state index in [1.54, 1.807) is 12.1 Å². The Hall–Kier alpha value is -1.84. The summed E-state index contributed by atoms with van der Waals surface area (Å²) >= 11 is 0. The number of carbonyl (C=O) groups excluding carboxylic acids is 2. The van der Waals surface area contributed by atoms with Gasteiger partial charge in [0, 0.05) is 5.56 Å². The largest absolute Gasteiger partial charge is 0.548 e. The van der Waals surface area contributed by atoms with Crippen LogP contribution in [0.4, 0.5) is 0 Å². The summed E-state index contributed by atoms with van der Waals surface area (Å²) in [6.07, 6.45) is 0. The predicted octanol–water partition coefficient (Wildman–Crippen LogP) is 0.852. The van der Waals surface area contributed by atoms with Crippen molar-refractivity contribution >= 4 is 11.9 Å². The summed E-state index contributed by atoms with van der Waals surface area (Å²) in [5, 5.41) is 12.9. The summed E-state index contributed by atoms with van der Waals surface area (Å²) < 4.78 is 0. The minimum absolute atomic E-state index is 0.0211. The van der Waals surface area contributed by atoms with Crippen LogP contribution < -0.4 is 10.4 Å². The number of benzene rings is 1. The number of aliphatic carboxylic acids is 1. The molecule has 1 aromatic rings. The maximum atomic E-state index is 11.7. The lowest BCUT2D eigenvalue weighted by Crippen LogP contribution is -2.45. The smallest absolute Gasteiger partial charge is 0.251 e. The van der Waals surface area contributed by atoms with Gasteiger partial charge in [0.15, 0.2) is 0 Å². The number of carboxylic acid groups (broad SMARTS) is 1. The first-order valence-electron chi connectivity index (χ1n) is 5.84. The van der Waals surface area contributed by atoms with Crippen molar-refractivity contribution in [2.24, 2.45) is 0 Å². The molecule has 4 heteroatoms. The van der Waals surface area contributed by atoms with Gasteiger partial charge in [-0.15, -0.1) is 0 Å². The Morgan fingerprint density at radius 3 is 2.06 bits per heavy atom. The maximum absolute atomic E-state index is 11.7. The van der Waals surface area contributed by atoms with Crippen LogP contribution in [0, 0.1) is 0 Å². The fourth-order valence-corrected chi connectivity index (χ4v) is 1.46. The van der Waals surface area contributed by atoms with Crippen molar-refractivity contribution in [1.82, 2.24) is 5.32 Å². The van der Waals surface area contributed by atoms with Gasteiger partial charge in [0.1, 0.15) is 0 Å². The van der Waals surface area contributed by atoms with Crippen LogP contribution in [0.2, 0.25) is 0 Å². The van der Waals surface area contributed by atoms with Crippen LogP contribution in [0.25, 0.3) is 0 Å². The fourth-order valence-electron chi connectivity index (χ4n) is 1.46. The third kappa shape index (κ3) is 3.58. The second-order valence-corrected chi connectivity index (χ2v) is 5.34. The second-order valence-electron chi connectivity index (χ2n) is 5.34. The van der Waals surface area contributed by atoms with Crippen molar-refractivity contribution in [2.45, 2.75) is 39.2 Å². The third-order valence-electron chi connectivity index (χ3n) is 2.71. The minimum atomic E-state index is -1.30. The van der Waals surface area contributed by atoms with Gasteiger partial charge in [0.05, 0.1) is 12.0 Å². The molecule has 0 spiro atoms. The van der Waals surface area contributed by atoms with Gasteiger partial charge in [0.25, 0.3) is 5.91 Å². The highest BCUT2D eigenvalue weighted by Crippen LogP contribution is 2.22. The molecule has 1 aromatic carbocycles. The minimum Gasteiger partial charge on any atom is -0.548 e. The monoisotopic (exact) mass is 248 g/mol. The highest BCUT2D eigenvalue weighted by atomic mass is 16.4. The summed E-state index contributed by atoms with van der Waals surface area (Å²) in [4.78, 5) is 22.2. The lowest BCUT2D eigenvalue weighted by Gasteiger charge is -2.19. The highest BCUT2D eigenvalue weighted by Gasteiger charge is 2.15. The molecule has 0 bridgehead atoms. The van der Waals surface area contributed by atoms with Crippen LogP contribution in [0.15, 0.2) is 24.3 Å². The zero-order valence-corrected chi connectivity index (χ0v) is 11.1. The Labute approximate surface area is 107 Å². The predicted molar refractivity (Wildman–Crippen MR) is 67.1 cm³/mol. The first-order valence-corrected chi connectivity index (χ1v) is 5.84. The van der Waals surface area contributed by atoms with Gasteiger partial charge in [0.2, 0.25) is 0 Å². The van der Waals surface area contributed by atoms with E-state index in [0.29, 0.717) is 5.56 Å². The summed E-state index contributed by atoms with van der Waals surface area (Å²) in [5.41, 5.74) is 1.58. The Balaban J connectivity index is 2.80. The molecule has 0 aliphatic heterocycles. The number of rotatable bonds is 3. The van der Waals surface area contributed by atoms with Gasteiger partial charge in [-0.3, -0.25) is 4.79 Å². The van der Waals surface area contributed by atoms with Gasteiger partial charge >= 0.3 is 0 Å². The maximum Gasteiger partial charge on any atom is 0.251 e. The van der Waals surface area contributed by atoms with Crippen LogP contribution in [-0.4, -0.2) is 17.9 Å². The molecule has 4 nitrogen and oxygen atoms in total. The zero-order chi connectivity index (χ0) is 13.9. The molecule has 0 fully saturated rings. The van der Waals surface area contributed by atoms with Crippen LogP contribution in [0.1, 0.15) is 43.6 Å². The van der Waals surface area contributed by atoms with E-state index in [1.165, 1.54) is 6.92 Å². The first-order chi connectivity index (χ1) is 8.21. The van der Waals surface area contributed by atoms with Crippen LogP contribution in [0.3, 0.4) is 0 Å². The van der Waals surface area contributed by atoms with Crippen LogP contribution >= 0.6 is 0 Å². The van der Waals surface area contributed by atoms with Crippen molar-refractivity contribution in [3.8, 4) is 0 Å². The normalized spacial score (nSPS) is 12.9. The molecule has 0 saturated carbocycles. The van der Waals surface area contributed by atoms with Gasteiger partial charge < -0.3 is 15.2 Å². The standard InChI is InChI=1S/C14H19NO3/c1-9(13(17)18)15-12(16)10-5-7-11(8-6-10)14(2,3)4/h5-9H,1-4H3,(H,15,16)(H,17,18)/p-1/t9-/m0/s1. The topological polar surface area (TPSA) is 69.2 Å². The van der Waals surface area contributed by atoms with Crippen molar-refractivity contribution in [2.75, 3.05) is 0 Å². The molecule has 0 unspecified atom stereocenters. The number of amides is 1. The van der Waals surface area contributed by atoms with E-state index in [4.69, 9.17) is 0 Å². The molecule has 1 rings (SSSR count). The summed E-state index contributed by atoms with van der Waals surface area (Å²) in [5.74, 6) is -1.71. The van der Waals surface area contributed by atoms with E-state index in [9.17, 15) is 14.7 Å². The SMILES string of the molecule is C[C@H](NC(=O)c1ccc(C(C)(C)C)cc1)C(=O)[O-]. The molecule has 0 radical (unpaired) electrons. The Bertz CT molecular complexity index is 443. The van der Waals surface area contributed by atoms with Gasteiger partial charge in [-0.2, -0.15) is 0 Å². The molecule has 1 N–H and O–H groups in total. The zero-order valence-electron chi connectivity index (χ0n) is 11.1. The molecular weight excluding hydrogens is 230 g/mol. The molecule has 0 heterocycles. The average Bonchev–Trinajstić information content (AvgIpc) is 2.27. The molecule has 0 aliphatic rings.